The Labute approximate surface area is 268 Å². The standard InChI is InChI=1S/C31H41N7O5.CH2O2/c1-5-28-32-11-14-36(28)13-9-29(39)38-19-23-22-7-8-26(42-4)27(18-22)43-16-15-37(12-6-10-33-30(40)24(23)20-38)31(41)25-17-21(2)35(3)34-25;2-1-3/h7-8,11,14,17-18,23-24H,5-6,9-10,12-13,15-16,19-20H2,1-4H3,(H,33,40);1H,(H,2,3)/t23-,24+;/m1./s1. The lowest BCUT2D eigenvalue weighted by molar-refractivity contribution is -0.131. The number of nitrogens with zero attached hydrogens (tertiary/aromatic N) is 6. The Kier molecular flexibility index (Phi) is 11.8. The molecule has 3 amide bonds. The largest absolute Gasteiger partial charge is 0.493 e. The minimum Gasteiger partial charge on any atom is -0.493 e. The van der Waals surface area contributed by atoms with E-state index in [1.54, 1.807) is 40.9 Å². The number of ether oxygens (including phenoxy) is 2. The molecule has 14 nitrogen and oxygen atoms in total. The number of nitrogens with one attached hydrogen (secondary N) is 1. The van der Waals surface area contributed by atoms with E-state index in [9.17, 15) is 14.4 Å². The summed E-state index contributed by atoms with van der Waals surface area (Å²) in [6.45, 7) is 6.48. The monoisotopic (exact) mass is 637 g/mol. The van der Waals surface area contributed by atoms with Crippen LogP contribution in [0.4, 0.5) is 0 Å². The molecule has 2 atom stereocenters. The van der Waals surface area contributed by atoms with Crippen LogP contribution < -0.4 is 14.8 Å². The first-order chi connectivity index (χ1) is 22.2. The number of amides is 3. The fraction of sp³-hybridized carbons (Fsp3) is 0.500. The van der Waals surface area contributed by atoms with E-state index in [4.69, 9.17) is 19.4 Å². The lowest BCUT2D eigenvalue weighted by Crippen LogP contribution is -2.39. The van der Waals surface area contributed by atoms with Gasteiger partial charge in [0.2, 0.25) is 11.8 Å². The summed E-state index contributed by atoms with van der Waals surface area (Å²) in [5, 5.41) is 14.3. The Balaban J connectivity index is 0.00000154. The van der Waals surface area contributed by atoms with Crippen LogP contribution in [0.2, 0.25) is 0 Å². The van der Waals surface area contributed by atoms with Gasteiger partial charge in [0.25, 0.3) is 12.4 Å². The summed E-state index contributed by atoms with van der Waals surface area (Å²) in [6, 6.07) is 7.45. The molecule has 2 aliphatic heterocycles. The average Bonchev–Trinajstić information content (AvgIpc) is 3.79. The SMILES string of the molecule is CCc1nccn1CCC(=O)N1C[C@@H]2C(=O)NCCCN(C(=O)c3cc(C)n(C)n3)CCOc3cc(ccc3OC)[C@H]2C1.O=CO. The van der Waals surface area contributed by atoms with E-state index in [1.165, 1.54) is 0 Å². The zero-order valence-electron chi connectivity index (χ0n) is 26.8. The van der Waals surface area contributed by atoms with Gasteiger partial charge in [0.05, 0.1) is 19.6 Å². The van der Waals surface area contributed by atoms with Crippen molar-refractivity contribution >= 4 is 24.2 Å². The predicted octanol–water partition coefficient (Wildman–Crippen LogP) is 1.87. The number of hydrogen-bond donors (Lipinski definition) is 2. The number of carbonyl (C=O) groups is 4. The maximum absolute atomic E-state index is 13.5. The van der Waals surface area contributed by atoms with Gasteiger partial charge in [-0.25, -0.2) is 4.98 Å². The van der Waals surface area contributed by atoms with Gasteiger partial charge in [-0.3, -0.25) is 23.9 Å². The Morgan fingerprint density at radius 1 is 1.17 bits per heavy atom. The zero-order chi connectivity index (χ0) is 33.2. The minimum atomic E-state index is -0.415. The number of imidazole rings is 1. The molecule has 0 unspecified atom stereocenters. The number of rotatable bonds is 6. The van der Waals surface area contributed by atoms with E-state index in [0.29, 0.717) is 69.3 Å². The molecule has 2 aliphatic rings. The summed E-state index contributed by atoms with van der Waals surface area (Å²) in [6.07, 6.45) is 5.35. The molecular weight excluding hydrogens is 594 g/mol. The first-order valence-corrected chi connectivity index (χ1v) is 15.4. The molecule has 1 fully saturated rings. The highest BCUT2D eigenvalue weighted by molar-refractivity contribution is 5.92. The molecule has 14 heteroatoms. The number of likely N-dealkylation sites (tertiary alicyclic amines) is 1. The van der Waals surface area contributed by atoms with Gasteiger partial charge in [-0.2, -0.15) is 5.10 Å². The zero-order valence-corrected chi connectivity index (χ0v) is 26.8. The van der Waals surface area contributed by atoms with Crippen LogP contribution in [0.1, 0.15) is 53.3 Å². The van der Waals surface area contributed by atoms with E-state index in [2.05, 4.69) is 15.4 Å². The second kappa shape index (κ2) is 15.9. The minimum absolute atomic E-state index is 0.0119. The number of aryl methyl sites for hydroxylation is 4. The van der Waals surface area contributed by atoms with Crippen molar-refractivity contribution in [2.24, 2.45) is 13.0 Å². The van der Waals surface area contributed by atoms with Gasteiger partial charge in [0.1, 0.15) is 12.4 Å². The molecule has 2 bridgehead atoms. The van der Waals surface area contributed by atoms with Crippen molar-refractivity contribution in [3.05, 3.63) is 59.4 Å². The molecule has 3 aromatic rings. The highest BCUT2D eigenvalue weighted by Gasteiger charge is 2.40. The number of carboxylic acid groups (broad SMARTS) is 1. The highest BCUT2D eigenvalue weighted by Crippen LogP contribution is 2.38. The normalized spacial score (nSPS) is 18.3. The Morgan fingerprint density at radius 3 is 2.63 bits per heavy atom. The van der Waals surface area contributed by atoms with Gasteiger partial charge >= 0.3 is 0 Å². The van der Waals surface area contributed by atoms with E-state index >= 15 is 0 Å². The third-order valence-corrected chi connectivity index (χ3v) is 8.45. The van der Waals surface area contributed by atoms with Crippen molar-refractivity contribution in [3.8, 4) is 11.5 Å². The number of carbonyl (C=O) groups excluding carboxylic acids is 3. The van der Waals surface area contributed by atoms with Gasteiger partial charge in [-0.15, -0.1) is 0 Å². The van der Waals surface area contributed by atoms with Gasteiger partial charge in [-0.1, -0.05) is 13.0 Å². The molecule has 2 aromatic heterocycles. The predicted molar refractivity (Wildman–Crippen MR) is 168 cm³/mol. The van der Waals surface area contributed by atoms with Crippen LogP contribution in [0, 0.1) is 12.8 Å². The number of hydrogen-bond acceptors (Lipinski definition) is 8. The topological polar surface area (TPSA) is 161 Å². The Hall–Kier alpha value is -4.88. The van der Waals surface area contributed by atoms with Crippen LogP contribution >= 0.6 is 0 Å². The third kappa shape index (κ3) is 8.03. The summed E-state index contributed by atoms with van der Waals surface area (Å²) in [5.74, 6) is 1.17. The molecule has 0 radical (unpaired) electrons. The van der Waals surface area contributed by atoms with E-state index in [-0.39, 0.29) is 36.7 Å². The third-order valence-electron chi connectivity index (χ3n) is 8.45. The first-order valence-electron chi connectivity index (χ1n) is 15.4. The lowest BCUT2D eigenvalue weighted by atomic mass is 9.88. The van der Waals surface area contributed by atoms with Crippen molar-refractivity contribution in [2.45, 2.75) is 45.6 Å². The number of methoxy groups -OCH3 is 1. The van der Waals surface area contributed by atoms with Gasteiger partial charge < -0.3 is 34.3 Å². The van der Waals surface area contributed by atoms with Crippen molar-refractivity contribution in [1.82, 2.24) is 34.4 Å². The molecule has 46 heavy (non-hydrogen) atoms. The summed E-state index contributed by atoms with van der Waals surface area (Å²) in [7, 11) is 3.38. The van der Waals surface area contributed by atoms with Gasteiger partial charge in [-0.05, 0) is 37.1 Å². The smallest absolute Gasteiger partial charge is 0.290 e. The molecule has 5 rings (SSSR count). The molecule has 1 saturated heterocycles. The van der Waals surface area contributed by atoms with E-state index < -0.39 is 5.92 Å². The maximum atomic E-state index is 13.5. The maximum Gasteiger partial charge on any atom is 0.290 e. The molecule has 2 N–H and O–H groups in total. The van der Waals surface area contributed by atoms with Gasteiger partial charge in [0, 0.05) is 76.6 Å². The number of fused-ring (bicyclic) bond motifs is 4. The highest BCUT2D eigenvalue weighted by atomic mass is 16.5. The fourth-order valence-electron chi connectivity index (χ4n) is 5.90. The lowest BCUT2D eigenvalue weighted by Gasteiger charge is -2.24. The Bertz CT molecular complexity index is 1500. The summed E-state index contributed by atoms with van der Waals surface area (Å²) < 4.78 is 15.4. The van der Waals surface area contributed by atoms with Crippen molar-refractivity contribution in [1.29, 1.82) is 0 Å². The molecule has 248 valence electrons. The first kappa shape index (κ1) is 34.0. The molecular formula is C32H43N7O7. The summed E-state index contributed by atoms with van der Waals surface area (Å²) >= 11 is 0. The van der Waals surface area contributed by atoms with Crippen molar-refractivity contribution in [3.63, 3.8) is 0 Å². The summed E-state index contributed by atoms with van der Waals surface area (Å²) in [4.78, 5) is 56.4. The number of aromatic nitrogens is 4. The molecule has 0 spiro atoms. The molecule has 4 heterocycles. The second-order valence-corrected chi connectivity index (χ2v) is 11.2. The van der Waals surface area contributed by atoms with Crippen LogP contribution in [0.3, 0.4) is 0 Å². The molecule has 0 aliphatic carbocycles. The Morgan fingerprint density at radius 2 is 1.93 bits per heavy atom. The van der Waals surface area contributed by atoms with E-state index in [0.717, 1.165) is 23.5 Å². The second-order valence-electron chi connectivity index (χ2n) is 11.2. The summed E-state index contributed by atoms with van der Waals surface area (Å²) in [5.41, 5.74) is 2.17. The van der Waals surface area contributed by atoms with Crippen LogP contribution in [-0.4, -0.2) is 105 Å². The van der Waals surface area contributed by atoms with E-state index in [1.807, 2.05) is 42.8 Å². The van der Waals surface area contributed by atoms with Crippen LogP contribution in [0.15, 0.2) is 36.7 Å². The number of benzene rings is 1. The fourth-order valence-corrected chi connectivity index (χ4v) is 5.90. The molecule has 0 saturated carbocycles. The van der Waals surface area contributed by atoms with Crippen molar-refractivity contribution < 1.29 is 33.8 Å². The van der Waals surface area contributed by atoms with Gasteiger partial charge in [0.15, 0.2) is 17.2 Å². The van der Waals surface area contributed by atoms with Crippen LogP contribution in [-0.2, 0) is 34.4 Å². The van der Waals surface area contributed by atoms with Crippen LogP contribution in [0.25, 0.3) is 0 Å². The quantitative estimate of drug-likeness (QED) is 0.385. The van der Waals surface area contributed by atoms with Crippen LogP contribution in [0.5, 0.6) is 11.5 Å². The average molecular weight is 638 g/mol. The molecule has 1 aromatic carbocycles. The van der Waals surface area contributed by atoms with Crippen molar-refractivity contribution in [2.75, 3.05) is 46.4 Å².